The van der Waals surface area contributed by atoms with E-state index < -0.39 is 0 Å². The first-order valence-corrected chi connectivity index (χ1v) is 7.04. The van der Waals surface area contributed by atoms with Crippen molar-refractivity contribution in [3.63, 3.8) is 0 Å². The minimum atomic E-state index is -0.0936. The molecule has 0 saturated heterocycles. The van der Waals surface area contributed by atoms with Crippen LogP contribution in [-0.2, 0) is 4.79 Å². The molecule has 114 valence electrons. The lowest BCUT2D eigenvalue weighted by atomic mass is 10.1. The fraction of sp³-hybridized carbons (Fsp3) is 0.412. The van der Waals surface area contributed by atoms with E-state index >= 15 is 0 Å². The number of carbonyl (C=O) groups excluding carboxylic acids is 1. The van der Waals surface area contributed by atoms with Crippen molar-refractivity contribution in [3.8, 4) is 5.75 Å². The van der Waals surface area contributed by atoms with Crippen molar-refractivity contribution < 1.29 is 9.53 Å². The Balaban J connectivity index is 3.11. The highest BCUT2D eigenvalue weighted by atomic mass is 16.5. The summed E-state index contributed by atoms with van der Waals surface area (Å²) in [5.74, 6) is 0.575. The van der Waals surface area contributed by atoms with Crippen LogP contribution in [0.4, 0.5) is 5.69 Å². The average Bonchev–Trinajstić information content (AvgIpc) is 2.46. The lowest BCUT2D eigenvalue weighted by Gasteiger charge is -2.21. The van der Waals surface area contributed by atoms with Gasteiger partial charge in [-0.05, 0) is 39.8 Å². The molecule has 0 unspecified atom stereocenters. The predicted octanol–water partition coefficient (Wildman–Crippen LogP) is 3.47. The number of carbonyl (C=O) groups is 1. The number of para-hydroxylation sites is 2. The van der Waals surface area contributed by atoms with Crippen molar-refractivity contribution in [1.29, 1.82) is 0 Å². The largest absolute Gasteiger partial charge is 0.495 e. The number of methoxy groups -OCH3 is 1. The molecule has 0 aliphatic rings. The number of aliphatic imine (C=N–C) groups is 1. The third-order valence-corrected chi connectivity index (χ3v) is 3.11. The molecule has 0 heterocycles. The van der Waals surface area contributed by atoms with E-state index in [4.69, 9.17) is 4.74 Å². The van der Waals surface area contributed by atoms with Crippen LogP contribution in [0.1, 0.15) is 27.7 Å². The molecule has 1 aromatic rings. The number of amides is 1. The molecule has 0 radical (unpaired) electrons. The quantitative estimate of drug-likeness (QED) is 0.615. The predicted molar refractivity (Wildman–Crippen MR) is 88.4 cm³/mol. The Morgan fingerprint density at radius 3 is 2.48 bits per heavy atom. The molecule has 0 saturated carbocycles. The minimum Gasteiger partial charge on any atom is -0.495 e. The molecular weight excluding hydrogens is 264 g/mol. The lowest BCUT2D eigenvalue weighted by Crippen LogP contribution is -2.30. The molecule has 0 aliphatic carbocycles. The van der Waals surface area contributed by atoms with Crippen molar-refractivity contribution in [2.24, 2.45) is 4.99 Å². The third kappa shape index (κ3) is 4.18. The Bertz CT molecular complexity index is 560. The summed E-state index contributed by atoms with van der Waals surface area (Å²) in [7, 11) is 3.34. The van der Waals surface area contributed by atoms with Crippen LogP contribution in [0, 0.1) is 0 Å². The molecule has 4 heteroatoms. The first-order chi connectivity index (χ1) is 9.92. The molecule has 0 N–H and O–H groups in total. The van der Waals surface area contributed by atoms with Gasteiger partial charge in [-0.2, -0.15) is 0 Å². The van der Waals surface area contributed by atoms with Crippen LogP contribution in [-0.4, -0.2) is 31.8 Å². The summed E-state index contributed by atoms with van der Waals surface area (Å²) in [6, 6.07) is 7.61. The van der Waals surface area contributed by atoms with Crippen LogP contribution in [0.3, 0.4) is 0 Å². The second-order valence-corrected chi connectivity index (χ2v) is 5.05. The maximum atomic E-state index is 12.7. The highest BCUT2D eigenvalue weighted by Crippen LogP contribution is 2.27. The van der Waals surface area contributed by atoms with Crippen molar-refractivity contribution >= 4 is 17.3 Å². The van der Waals surface area contributed by atoms with Gasteiger partial charge < -0.3 is 9.64 Å². The van der Waals surface area contributed by atoms with Gasteiger partial charge in [0.25, 0.3) is 5.91 Å². The zero-order valence-electron chi connectivity index (χ0n) is 13.7. The highest BCUT2D eigenvalue weighted by molar-refractivity contribution is 6.25. The number of nitrogens with zero attached hydrogens (tertiary/aromatic N) is 2. The summed E-state index contributed by atoms with van der Waals surface area (Å²) in [5, 5.41) is 0. The van der Waals surface area contributed by atoms with Crippen LogP contribution >= 0.6 is 0 Å². The van der Waals surface area contributed by atoms with Gasteiger partial charge in [-0.25, -0.2) is 0 Å². The van der Waals surface area contributed by atoms with E-state index in [0.717, 1.165) is 11.4 Å². The Morgan fingerprint density at radius 1 is 1.33 bits per heavy atom. The van der Waals surface area contributed by atoms with E-state index in [1.54, 1.807) is 25.1 Å². The molecule has 0 aliphatic heterocycles. The van der Waals surface area contributed by atoms with Crippen molar-refractivity contribution in [2.75, 3.05) is 19.1 Å². The van der Waals surface area contributed by atoms with E-state index in [1.165, 1.54) is 0 Å². The Morgan fingerprint density at radius 2 is 1.95 bits per heavy atom. The molecule has 0 atom stereocenters. The smallest absolute Gasteiger partial charge is 0.259 e. The molecule has 4 nitrogen and oxygen atoms in total. The molecule has 1 rings (SSSR count). The van der Waals surface area contributed by atoms with Crippen LogP contribution < -0.4 is 9.64 Å². The van der Waals surface area contributed by atoms with Gasteiger partial charge in [0.15, 0.2) is 0 Å². The van der Waals surface area contributed by atoms with Crippen LogP contribution in [0.2, 0.25) is 0 Å². The van der Waals surface area contributed by atoms with Gasteiger partial charge >= 0.3 is 0 Å². The molecule has 0 aromatic heterocycles. The molecule has 0 fully saturated rings. The minimum absolute atomic E-state index is 0.0936. The van der Waals surface area contributed by atoms with E-state index in [2.05, 4.69) is 4.99 Å². The zero-order chi connectivity index (χ0) is 16.0. The summed E-state index contributed by atoms with van der Waals surface area (Å²) >= 11 is 0. The second kappa shape index (κ2) is 7.62. The number of hydrogen-bond donors (Lipinski definition) is 0. The van der Waals surface area contributed by atoms with Gasteiger partial charge in [-0.15, -0.1) is 0 Å². The SMILES string of the molecule is C/C=C(/C(=O)N(C)c1ccccc1OC)C(C)=NC(C)C. The van der Waals surface area contributed by atoms with E-state index in [1.807, 2.05) is 52.0 Å². The summed E-state index contributed by atoms with van der Waals surface area (Å²) in [5.41, 5.74) is 2.10. The van der Waals surface area contributed by atoms with Gasteiger partial charge in [0.2, 0.25) is 0 Å². The van der Waals surface area contributed by atoms with Gasteiger partial charge in [0.1, 0.15) is 5.75 Å². The number of rotatable bonds is 5. The maximum Gasteiger partial charge on any atom is 0.259 e. The number of hydrogen-bond acceptors (Lipinski definition) is 3. The van der Waals surface area contributed by atoms with Gasteiger partial charge in [-0.1, -0.05) is 18.2 Å². The summed E-state index contributed by atoms with van der Waals surface area (Å²) < 4.78 is 5.31. The maximum absolute atomic E-state index is 12.7. The second-order valence-electron chi connectivity index (χ2n) is 5.05. The molecule has 0 spiro atoms. The fourth-order valence-corrected chi connectivity index (χ4v) is 2.14. The van der Waals surface area contributed by atoms with Crippen molar-refractivity contribution in [2.45, 2.75) is 33.7 Å². The zero-order valence-corrected chi connectivity index (χ0v) is 13.7. The summed E-state index contributed by atoms with van der Waals surface area (Å²) in [4.78, 5) is 18.7. The Kier molecular flexibility index (Phi) is 6.15. The first kappa shape index (κ1) is 17.0. The molecule has 0 bridgehead atoms. The molecule has 1 amide bonds. The lowest BCUT2D eigenvalue weighted by molar-refractivity contribution is -0.114. The van der Waals surface area contributed by atoms with Gasteiger partial charge in [0.05, 0.1) is 18.4 Å². The first-order valence-electron chi connectivity index (χ1n) is 7.04. The van der Waals surface area contributed by atoms with Crippen molar-refractivity contribution in [3.05, 3.63) is 35.9 Å². The molecular formula is C17H24N2O2. The number of allylic oxidation sites excluding steroid dienone is 1. The number of anilines is 1. The van der Waals surface area contributed by atoms with Crippen LogP contribution in [0.5, 0.6) is 5.75 Å². The van der Waals surface area contributed by atoms with Crippen molar-refractivity contribution in [1.82, 2.24) is 0 Å². The number of likely N-dealkylation sites (N-methyl/N-ethyl adjacent to an activating group) is 1. The topological polar surface area (TPSA) is 41.9 Å². The monoisotopic (exact) mass is 288 g/mol. The standard InChI is InChI=1S/C17H24N2O2/c1-7-14(13(4)18-12(2)3)17(20)19(5)15-10-8-9-11-16(15)21-6/h7-12H,1-6H3/b14-7+,18-13?. The van der Waals surface area contributed by atoms with Gasteiger partial charge in [0, 0.05) is 18.8 Å². The molecule has 21 heavy (non-hydrogen) atoms. The Hall–Kier alpha value is -2.10. The average molecular weight is 288 g/mol. The van der Waals surface area contributed by atoms with E-state index in [9.17, 15) is 4.79 Å². The van der Waals surface area contributed by atoms with Crippen LogP contribution in [0.15, 0.2) is 40.9 Å². The fourth-order valence-electron chi connectivity index (χ4n) is 2.14. The van der Waals surface area contributed by atoms with E-state index in [0.29, 0.717) is 11.3 Å². The van der Waals surface area contributed by atoms with E-state index in [-0.39, 0.29) is 11.9 Å². The molecule has 1 aromatic carbocycles. The number of ether oxygens (including phenoxy) is 1. The number of benzene rings is 1. The highest BCUT2D eigenvalue weighted by Gasteiger charge is 2.20. The third-order valence-electron chi connectivity index (χ3n) is 3.11. The summed E-state index contributed by atoms with van der Waals surface area (Å²) in [6.07, 6.45) is 1.80. The van der Waals surface area contributed by atoms with Crippen LogP contribution in [0.25, 0.3) is 0 Å². The summed E-state index contributed by atoms with van der Waals surface area (Å²) in [6.45, 7) is 7.70. The Labute approximate surface area is 127 Å². The normalized spacial score (nSPS) is 12.5. The van der Waals surface area contributed by atoms with Gasteiger partial charge in [-0.3, -0.25) is 9.79 Å².